The molecule has 0 amide bonds. The van der Waals surface area contributed by atoms with Gasteiger partial charge >= 0.3 is 0 Å². The lowest BCUT2D eigenvalue weighted by atomic mass is 10.1. The van der Waals surface area contributed by atoms with Crippen LogP contribution in [0.15, 0.2) is 47.4 Å². The van der Waals surface area contributed by atoms with Crippen molar-refractivity contribution < 1.29 is 8.42 Å². The van der Waals surface area contributed by atoms with Crippen LogP contribution in [0.3, 0.4) is 0 Å². The Morgan fingerprint density at radius 2 is 1.80 bits per heavy atom. The second-order valence-corrected chi connectivity index (χ2v) is 6.58. The second-order valence-electron chi connectivity index (χ2n) is 4.93. The third-order valence-electron chi connectivity index (χ3n) is 3.21. The largest absolute Gasteiger partial charge is 0.280 e. The third-order valence-corrected chi connectivity index (χ3v) is 4.75. The predicted molar refractivity (Wildman–Crippen MR) is 82.5 cm³/mol. The molecule has 0 radical (unpaired) electrons. The zero-order valence-electron chi connectivity index (χ0n) is 12.0. The first kappa shape index (κ1) is 14.6. The van der Waals surface area contributed by atoms with Crippen LogP contribution in [0.5, 0.6) is 0 Å². The molecule has 0 heterocycles. The van der Waals surface area contributed by atoms with E-state index in [0.717, 1.165) is 23.1 Å². The van der Waals surface area contributed by atoms with Gasteiger partial charge in [-0.25, -0.2) is 8.42 Å². The lowest BCUT2D eigenvalue weighted by molar-refractivity contribution is 0.600. The van der Waals surface area contributed by atoms with Gasteiger partial charge in [0.2, 0.25) is 0 Å². The van der Waals surface area contributed by atoms with Gasteiger partial charge in [0.25, 0.3) is 10.0 Å². The monoisotopic (exact) mass is 289 g/mol. The highest BCUT2D eigenvalue weighted by Crippen LogP contribution is 2.21. The van der Waals surface area contributed by atoms with Gasteiger partial charge in [0.1, 0.15) is 0 Å². The maximum absolute atomic E-state index is 12.4. The number of sulfonamides is 1. The van der Waals surface area contributed by atoms with Crippen molar-refractivity contribution in [1.29, 1.82) is 0 Å². The summed E-state index contributed by atoms with van der Waals surface area (Å²) in [6.45, 7) is 5.79. The van der Waals surface area contributed by atoms with E-state index in [1.165, 1.54) is 0 Å². The molecule has 0 bridgehead atoms. The van der Waals surface area contributed by atoms with Crippen molar-refractivity contribution in [2.75, 3.05) is 4.72 Å². The summed E-state index contributed by atoms with van der Waals surface area (Å²) in [5, 5.41) is 0. The van der Waals surface area contributed by atoms with Gasteiger partial charge in [-0.2, -0.15) is 0 Å². The number of rotatable bonds is 4. The van der Waals surface area contributed by atoms with E-state index < -0.39 is 10.0 Å². The van der Waals surface area contributed by atoms with Crippen LogP contribution in [-0.2, 0) is 16.4 Å². The number of aryl methyl sites for hydroxylation is 3. The molecule has 0 aliphatic heterocycles. The first-order valence-electron chi connectivity index (χ1n) is 6.61. The lowest BCUT2D eigenvalue weighted by Crippen LogP contribution is -2.14. The van der Waals surface area contributed by atoms with Crippen molar-refractivity contribution in [2.24, 2.45) is 0 Å². The highest BCUT2D eigenvalue weighted by molar-refractivity contribution is 7.92. The summed E-state index contributed by atoms with van der Waals surface area (Å²) in [7, 11) is -3.54. The van der Waals surface area contributed by atoms with Crippen LogP contribution in [0.25, 0.3) is 0 Å². The molecule has 0 aliphatic carbocycles. The fourth-order valence-electron chi connectivity index (χ4n) is 2.17. The van der Waals surface area contributed by atoms with E-state index in [0.29, 0.717) is 10.6 Å². The highest BCUT2D eigenvalue weighted by Gasteiger charge is 2.16. The summed E-state index contributed by atoms with van der Waals surface area (Å²) in [6, 6.07) is 12.8. The third kappa shape index (κ3) is 3.20. The van der Waals surface area contributed by atoms with Gasteiger partial charge < -0.3 is 0 Å². The quantitative estimate of drug-likeness (QED) is 0.933. The average molecular weight is 289 g/mol. The van der Waals surface area contributed by atoms with Crippen LogP contribution in [0, 0.1) is 13.8 Å². The first-order valence-corrected chi connectivity index (χ1v) is 8.09. The molecule has 0 saturated carbocycles. The molecule has 2 aromatic carbocycles. The normalized spacial score (nSPS) is 11.3. The maximum atomic E-state index is 12.4. The number of benzene rings is 2. The molecule has 0 atom stereocenters. The van der Waals surface area contributed by atoms with Gasteiger partial charge in [-0.05, 0) is 49.6 Å². The Kier molecular flexibility index (Phi) is 4.14. The van der Waals surface area contributed by atoms with Gasteiger partial charge in [0.05, 0.1) is 4.90 Å². The Labute approximate surface area is 120 Å². The first-order chi connectivity index (χ1) is 9.42. The van der Waals surface area contributed by atoms with E-state index >= 15 is 0 Å². The lowest BCUT2D eigenvalue weighted by Gasteiger charge is -2.11. The van der Waals surface area contributed by atoms with Gasteiger partial charge in [-0.15, -0.1) is 0 Å². The molecule has 0 spiro atoms. The number of nitrogens with one attached hydrogen (secondary N) is 1. The van der Waals surface area contributed by atoms with Crippen molar-refractivity contribution in [3.8, 4) is 0 Å². The minimum Gasteiger partial charge on any atom is -0.280 e. The van der Waals surface area contributed by atoms with Crippen LogP contribution < -0.4 is 4.72 Å². The topological polar surface area (TPSA) is 46.2 Å². The Bertz CT molecular complexity index is 721. The van der Waals surface area contributed by atoms with Crippen molar-refractivity contribution in [1.82, 2.24) is 0 Å². The molecule has 0 unspecified atom stereocenters. The van der Waals surface area contributed by atoms with Crippen LogP contribution >= 0.6 is 0 Å². The van der Waals surface area contributed by atoms with Crippen molar-refractivity contribution in [2.45, 2.75) is 32.1 Å². The van der Waals surface area contributed by atoms with Crippen molar-refractivity contribution in [3.63, 3.8) is 0 Å². The molecule has 0 aromatic heterocycles. The van der Waals surface area contributed by atoms with E-state index in [-0.39, 0.29) is 0 Å². The molecule has 1 N–H and O–H groups in total. The van der Waals surface area contributed by atoms with Crippen molar-refractivity contribution in [3.05, 3.63) is 59.2 Å². The zero-order chi connectivity index (χ0) is 14.8. The SMILES string of the molecule is CCc1cccc(NS(=O)(=O)c2ccc(C)cc2C)c1. The number of hydrogen-bond acceptors (Lipinski definition) is 2. The summed E-state index contributed by atoms with van der Waals surface area (Å²) in [4.78, 5) is 0.324. The fourth-order valence-corrected chi connectivity index (χ4v) is 3.44. The van der Waals surface area contributed by atoms with Gasteiger partial charge in [-0.3, -0.25) is 4.72 Å². The summed E-state index contributed by atoms with van der Waals surface area (Å²) in [6.07, 6.45) is 0.874. The Morgan fingerprint density at radius 1 is 1.05 bits per heavy atom. The van der Waals surface area contributed by atoms with Crippen LogP contribution in [0.1, 0.15) is 23.6 Å². The van der Waals surface area contributed by atoms with Crippen LogP contribution in [0.4, 0.5) is 5.69 Å². The van der Waals surface area contributed by atoms with E-state index in [4.69, 9.17) is 0 Å². The maximum Gasteiger partial charge on any atom is 0.262 e. The second kappa shape index (κ2) is 5.67. The molecular weight excluding hydrogens is 270 g/mol. The molecule has 0 fully saturated rings. The predicted octanol–water partition coefficient (Wildman–Crippen LogP) is 3.67. The van der Waals surface area contributed by atoms with Gasteiger partial charge in [0.15, 0.2) is 0 Å². The molecule has 3 nitrogen and oxygen atoms in total. The van der Waals surface area contributed by atoms with Crippen LogP contribution in [-0.4, -0.2) is 8.42 Å². The molecule has 0 saturated heterocycles. The molecular formula is C16H19NO2S. The van der Waals surface area contributed by atoms with Gasteiger partial charge in [-0.1, -0.05) is 36.8 Å². The van der Waals surface area contributed by atoms with Crippen LogP contribution in [0.2, 0.25) is 0 Å². The van der Waals surface area contributed by atoms with Gasteiger partial charge in [0, 0.05) is 5.69 Å². The number of hydrogen-bond donors (Lipinski definition) is 1. The Morgan fingerprint density at radius 3 is 2.45 bits per heavy atom. The summed E-state index contributed by atoms with van der Waals surface area (Å²) >= 11 is 0. The molecule has 2 rings (SSSR count). The molecule has 106 valence electrons. The zero-order valence-corrected chi connectivity index (χ0v) is 12.8. The highest BCUT2D eigenvalue weighted by atomic mass is 32.2. The van der Waals surface area contributed by atoms with E-state index in [1.807, 2.05) is 51.1 Å². The van der Waals surface area contributed by atoms with E-state index in [2.05, 4.69) is 4.72 Å². The fraction of sp³-hybridized carbons (Fsp3) is 0.250. The summed E-state index contributed by atoms with van der Waals surface area (Å²) in [5.74, 6) is 0. The smallest absolute Gasteiger partial charge is 0.262 e. The Balaban J connectivity index is 2.35. The molecule has 20 heavy (non-hydrogen) atoms. The molecule has 4 heteroatoms. The minimum absolute atomic E-state index is 0.324. The molecule has 0 aliphatic rings. The minimum atomic E-state index is -3.54. The summed E-state index contributed by atoms with van der Waals surface area (Å²) in [5.41, 5.74) is 3.51. The summed E-state index contributed by atoms with van der Waals surface area (Å²) < 4.78 is 27.5. The molecule has 2 aromatic rings. The van der Waals surface area contributed by atoms with E-state index in [1.54, 1.807) is 12.1 Å². The Hall–Kier alpha value is -1.81. The standard InChI is InChI=1S/C16H19NO2S/c1-4-14-6-5-7-15(11-14)17-20(18,19)16-9-8-12(2)10-13(16)3/h5-11,17H,4H2,1-3H3. The van der Waals surface area contributed by atoms with E-state index in [9.17, 15) is 8.42 Å². The average Bonchev–Trinajstić information content (AvgIpc) is 2.37. The number of anilines is 1. The van der Waals surface area contributed by atoms with Crippen molar-refractivity contribution >= 4 is 15.7 Å².